The van der Waals surface area contributed by atoms with Gasteiger partial charge in [-0.05, 0) is 29.2 Å². The number of rotatable bonds is 4. The van der Waals surface area contributed by atoms with Crippen LogP contribution in [0.3, 0.4) is 0 Å². The minimum Gasteiger partial charge on any atom is -0.399 e. The molecule has 2 N–H and O–H groups in total. The van der Waals surface area contributed by atoms with E-state index in [1.165, 1.54) is 11.1 Å². The topological polar surface area (TPSA) is 58.3 Å². The largest absolute Gasteiger partial charge is 0.399 e. The Morgan fingerprint density at radius 2 is 1.81 bits per heavy atom. The van der Waals surface area contributed by atoms with E-state index in [1.54, 1.807) is 0 Å². The molecule has 0 fully saturated rings. The van der Waals surface area contributed by atoms with Gasteiger partial charge in [-0.25, -0.2) is 9.97 Å². The summed E-state index contributed by atoms with van der Waals surface area (Å²) >= 11 is 0. The van der Waals surface area contributed by atoms with Gasteiger partial charge in [-0.15, -0.1) is 0 Å². The van der Waals surface area contributed by atoms with Gasteiger partial charge in [0.2, 0.25) is 0 Å². The van der Waals surface area contributed by atoms with Crippen molar-refractivity contribution in [2.24, 2.45) is 0 Å². The Labute approximate surface area is 160 Å². The molecule has 1 aliphatic rings. The molecule has 3 aromatic rings. The van der Waals surface area contributed by atoms with Crippen molar-refractivity contribution in [1.82, 2.24) is 9.97 Å². The first-order valence-electron chi connectivity index (χ1n) is 9.30. The first-order chi connectivity index (χ1) is 13.0. The third-order valence-corrected chi connectivity index (χ3v) is 5.02. The van der Waals surface area contributed by atoms with Crippen molar-refractivity contribution >= 4 is 17.2 Å². The molecule has 1 aliphatic heterocycles. The van der Waals surface area contributed by atoms with Gasteiger partial charge in [0.1, 0.15) is 0 Å². The van der Waals surface area contributed by atoms with Crippen LogP contribution in [0, 0.1) is 0 Å². The molecule has 0 saturated heterocycles. The van der Waals surface area contributed by atoms with E-state index in [-0.39, 0.29) is 0 Å². The molecule has 2 heterocycles. The average Bonchev–Trinajstić information content (AvgIpc) is 2.98. The molecule has 138 valence electrons. The number of fused-ring (bicyclic) bond motifs is 1. The van der Waals surface area contributed by atoms with E-state index in [4.69, 9.17) is 10.7 Å². The van der Waals surface area contributed by atoms with Gasteiger partial charge in [0.15, 0.2) is 11.6 Å². The van der Waals surface area contributed by atoms with E-state index in [9.17, 15) is 0 Å². The van der Waals surface area contributed by atoms with Crippen molar-refractivity contribution in [3.05, 3.63) is 65.9 Å². The zero-order valence-corrected chi connectivity index (χ0v) is 16.1. The van der Waals surface area contributed by atoms with Crippen LogP contribution in [0.2, 0.25) is 0 Å². The summed E-state index contributed by atoms with van der Waals surface area (Å²) in [6.07, 6.45) is 1.94. The number of aromatic nitrogens is 2. The summed E-state index contributed by atoms with van der Waals surface area (Å²) in [6.45, 7) is 5.99. The fourth-order valence-corrected chi connectivity index (χ4v) is 3.57. The lowest BCUT2D eigenvalue weighted by molar-refractivity contribution is 0.807. The molecular weight excluding hydrogens is 334 g/mol. The summed E-state index contributed by atoms with van der Waals surface area (Å²) in [6, 6.07) is 16.4. The predicted molar refractivity (Wildman–Crippen MR) is 112 cm³/mol. The third-order valence-electron chi connectivity index (χ3n) is 5.02. The van der Waals surface area contributed by atoms with Gasteiger partial charge in [-0.2, -0.15) is 0 Å². The molecule has 0 unspecified atom stereocenters. The molecule has 0 atom stereocenters. The highest BCUT2D eigenvalue weighted by Gasteiger charge is 2.26. The molecule has 5 heteroatoms. The van der Waals surface area contributed by atoms with E-state index in [2.05, 4.69) is 72.1 Å². The van der Waals surface area contributed by atoms with Crippen LogP contribution in [0.5, 0.6) is 0 Å². The van der Waals surface area contributed by atoms with Crippen molar-refractivity contribution in [2.45, 2.75) is 26.3 Å². The van der Waals surface area contributed by atoms with E-state index < -0.39 is 0 Å². The van der Waals surface area contributed by atoms with Gasteiger partial charge < -0.3 is 15.5 Å². The van der Waals surface area contributed by atoms with E-state index in [0.717, 1.165) is 41.8 Å². The van der Waals surface area contributed by atoms with Crippen LogP contribution in [0.15, 0.2) is 54.7 Å². The van der Waals surface area contributed by atoms with Crippen LogP contribution in [-0.2, 0) is 6.54 Å². The molecule has 0 aliphatic carbocycles. The predicted octanol–water partition coefficient (Wildman–Crippen LogP) is 4.26. The summed E-state index contributed by atoms with van der Waals surface area (Å²) in [5, 5.41) is 0. The molecule has 0 saturated carbocycles. The zero-order valence-electron chi connectivity index (χ0n) is 16.1. The van der Waals surface area contributed by atoms with Gasteiger partial charge in [0.25, 0.3) is 0 Å². The SMILES string of the molecule is CC(C)c1ccccc1-c1ncc2c(n1)N(Cc1ccc(N)cc1)CN2C. The van der Waals surface area contributed by atoms with Gasteiger partial charge in [0, 0.05) is 24.8 Å². The van der Waals surface area contributed by atoms with Crippen LogP contribution in [0.1, 0.15) is 30.9 Å². The summed E-state index contributed by atoms with van der Waals surface area (Å²) in [5.74, 6) is 2.19. The Kier molecular flexibility index (Phi) is 4.44. The lowest BCUT2D eigenvalue weighted by atomic mass is 9.97. The Morgan fingerprint density at radius 3 is 2.56 bits per heavy atom. The third kappa shape index (κ3) is 3.33. The highest BCUT2D eigenvalue weighted by atomic mass is 15.4. The second-order valence-corrected chi connectivity index (χ2v) is 7.42. The summed E-state index contributed by atoms with van der Waals surface area (Å²) in [5.41, 5.74) is 11.3. The second kappa shape index (κ2) is 6.91. The highest BCUT2D eigenvalue weighted by molar-refractivity contribution is 5.74. The van der Waals surface area contributed by atoms with Crippen LogP contribution in [-0.4, -0.2) is 23.7 Å². The number of hydrogen-bond acceptors (Lipinski definition) is 5. The summed E-state index contributed by atoms with van der Waals surface area (Å²) in [7, 11) is 2.08. The lowest BCUT2D eigenvalue weighted by Gasteiger charge is -2.19. The molecule has 1 aromatic heterocycles. The quantitative estimate of drug-likeness (QED) is 0.705. The molecule has 0 spiro atoms. The molecule has 0 bridgehead atoms. The van der Waals surface area contributed by atoms with Crippen LogP contribution in [0.4, 0.5) is 17.2 Å². The minimum atomic E-state index is 0.423. The standard InChI is InChI=1S/C22H25N5/c1-15(2)18-6-4-5-7-19(18)21-24-12-20-22(25-21)27(14-26(20)3)13-16-8-10-17(23)11-9-16/h4-12,15H,13-14,23H2,1-3H3. The van der Waals surface area contributed by atoms with Crippen LogP contribution < -0.4 is 15.5 Å². The Hall–Kier alpha value is -3.08. The summed E-state index contributed by atoms with van der Waals surface area (Å²) in [4.78, 5) is 14.1. The van der Waals surface area contributed by atoms with E-state index >= 15 is 0 Å². The molecule has 4 rings (SSSR count). The molecule has 27 heavy (non-hydrogen) atoms. The number of nitrogens with zero attached hydrogens (tertiary/aromatic N) is 4. The monoisotopic (exact) mass is 359 g/mol. The highest BCUT2D eigenvalue weighted by Crippen LogP contribution is 2.36. The zero-order chi connectivity index (χ0) is 19.0. The minimum absolute atomic E-state index is 0.423. The number of hydrogen-bond donors (Lipinski definition) is 1. The van der Waals surface area contributed by atoms with Crippen molar-refractivity contribution < 1.29 is 0 Å². The Bertz CT molecular complexity index is 949. The number of nitrogen functional groups attached to an aromatic ring is 1. The van der Waals surface area contributed by atoms with Crippen molar-refractivity contribution in [2.75, 3.05) is 29.2 Å². The molecule has 5 nitrogen and oxygen atoms in total. The molecule has 0 radical (unpaired) electrons. The van der Waals surface area contributed by atoms with Gasteiger partial charge >= 0.3 is 0 Å². The second-order valence-electron chi connectivity index (χ2n) is 7.42. The average molecular weight is 359 g/mol. The lowest BCUT2D eigenvalue weighted by Crippen LogP contribution is -2.27. The fourth-order valence-electron chi connectivity index (χ4n) is 3.57. The van der Waals surface area contributed by atoms with Gasteiger partial charge in [-0.1, -0.05) is 50.2 Å². The number of benzene rings is 2. The van der Waals surface area contributed by atoms with E-state index in [0.29, 0.717) is 5.92 Å². The molecular formula is C22H25N5. The smallest absolute Gasteiger partial charge is 0.161 e. The first kappa shape index (κ1) is 17.3. The molecule has 2 aromatic carbocycles. The van der Waals surface area contributed by atoms with Gasteiger partial charge in [0.05, 0.1) is 18.6 Å². The number of anilines is 3. The maximum absolute atomic E-state index is 5.81. The van der Waals surface area contributed by atoms with Crippen LogP contribution in [0.25, 0.3) is 11.4 Å². The van der Waals surface area contributed by atoms with Gasteiger partial charge in [-0.3, -0.25) is 0 Å². The Morgan fingerprint density at radius 1 is 1.07 bits per heavy atom. The first-order valence-corrected chi connectivity index (χ1v) is 9.30. The molecule has 0 amide bonds. The van der Waals surface area contributed by atoms with Crippen LogP contribution >= 0.6 is 0 Å². The van der Waals surface area contributed by atoms with Crippen molar-refractivity contribution in [1.29, 1.82) is 0 Å². The van der Waals surface area contributed by atoms with Crippen molar-refractivity contribution in [3.8, 4) is 11.4 Å². The maximum Gasteiger partial charge on any atom is 0.161 e. The number of nitrogens with two attached hydrogens (primary N) is 1. The summed E-state index contributed by atoms with van der Waals surface area (Å²) < 4.78 is 0. The van der Waals surface area contributed by atoms with Crippen molar-refractivity contribution in [3.63, 3.8) is 0 Å². The normalized spacial score (nSPS) is 13.3. The maximum atomic E-state index is 5.81. The Balaban J connectivity index is 1.71. The van der Waals surface area contributed by atoms with E-state index in [1.807, 2.05) is 18.3 Å². The fraction of sp³-hybridized carbons (Fsp3) is 0.273.